The second-order valence-electron chi connectivity index (χ2n) is 5.81. The van der Waals surface area contributed by atoms with Gasteiger partial charge in [-0.3, -0.25) is 14.5 Å². The predicted molar refractivity (Wildman–Crippen MR) is 72.8 cm³/mol. The van der Waals surface area contributed by atoms with Crippen molar-refractivity contribution in [2.45, 2.75) is 44.6 Å². The van der Waals surface area contributed by atoms with E-state index in [1.165, 1.54) is 11.3 Å². The highest BCUT2D eigenvalue weighted by molar-refractivity contribution is 6.22. The Morgan fingerprint density at radius 3 is 2.37 bits per heavy atom. The summed E-state index contributed by atoms with van der Waals surface area (Å²) in [5.41, 5.74) is 6.85. The van der Waals surface area contributed by atoms with Crippen molar-refractivity contribution in [1.29, 1.82) is 0 Å². The van der Waals surface area contributed by atoms with Gasteiger partial charge in [-0.25, -0.2) is 0 Å². The Hall–Kier alpha value is -1.84. The van der Waals surface area contributed by atoms with Crippen LogP contribution in [0.5, 0.6) is 0 Å². The molecule has 0 radical (unpaired) electrons. The van der Waals surface area contributed by atoms with Gasteiger partial charge in [-0.15, -0.1) is 0 Å². The van der Waals surface area contributed by atoms with Crippen LogP contribution >= 0.6 is 0 Å². The highest BCUT2D eigenvalue weighted by Gasteiger charge is 2.46. The number of rotatable bonds is 1. The fraction of sp³-hybridized carbons (Fsp3) is 0.467. The molecular weight excluding hydrogens is 240 g/mol. The molecule has 0 aromatic heterocycles. The number of carbonyl (C=O) groups excluding carboxylic acids is 2. The summed E-state index contributed by atoms with van der Waals surface area (Å²) in [6.07, 6.45) is 5.13. The minimum absolute atomic E-state index is 0.163. The normalized spacial score (nSPS) is 21.6. The van der Waals surface area contributed by atoms with Gasteiger partial charge in [-0.2, -0.15) is 0 Å². The van der Waals surface area contributed by atoms with Crippen molar-refractivity contribution in [1.82, 2.24) is 4.90 Å². The van der Waals surface area contributed by atoms with E-state index in [2.05, 4.69) is 0 Å². The van der Waals surface area contributed by atoms with E-state index in [0.717, 1.165) is 25.7 Å². The quantitative estimate of drug-likeness (QED) is 0.622. The zero-order chi connectivity index (χ0) is 13.6. The standard InChI is InChI=1S/C15H18N2O2/c1-15(7-3-2-4-8-15)17-13(18)11-6-5-10(16)9-12(11)14(17)19/h5-6,9H,2-4,7-8,16H2,1H3. The Labute approximate surface area is 112 Å². The molecule has 100 valence electrons. The third kappa shape index (κ3) is 1.74. The van der Waals surface area contributed by atoms with Crippen molar-refractivity contribution in [3.05, 3.63) is 29.3 Å². The largest absolute Gasteiger partial charge is 0.399 e. The van der Waals surface area contributed by atoms with Crippen LogP contribution in [0.3, 0.4) is 0 Å². The predicted octanol–water partition coefficient (Wildman–Crippen LogP) is 2.59. The molecule has 1 aromatic rings. The summed E-state index contributed by atoms with van der Waals surface area (Å²) >= 11 is 0. The molecule has 4 nitrogen and oxygen atoms in total. The number of nitrogen functional groups attached to an aromatic ring is 1. The molecule has 0 bridgehead atoms. The zero-order valence-corrected chi connectivity index (χ0v) is 11.1. The monoisotopic (exact) mass is 258 g/mol. The number of anilines is 1. The van der Waals surface area contributed by atoms with Gasteiger partial charge in [0.15, 0.2) is 0 Å². The lowest BCUT2D eigenvalue weighted by Gasteiger charge is -2.40. The molecule has 4 heteroatoms. The second kappa shape index (κ2) is 4.08. The summed E-state index contributed by atoms with van der Waals surface area (Å²) in [5, 5.41) is 0. The minimum atomic E-state index is -0.333. The number of hydrogen-bond donors (Lipinski definition) is 1. The molecule has 1 heterocycles. The van der Waals surface area contributed by atoms with E-state index in [9.17, 15) is 9.59 Å². The van der Waals surface area contributed by atoms with Crippen LogP contribution < -0.4 is 5.73 Å². The van der Waals surface area contributed by atoms with E-state index in [1.807, 2.05) is 6.92 Å². The maximum Gasteiger partial charge on any atom is 0.262 e. The maximum atomic E-state index is 12.5. The van der Waals surface area contributed by atoms with Crippen LogP contribution in [-0.4, -0.2) is 22.3 Å². The Morgan fingerprint density at radius 1 is 1.05 bits per heavy atom. The Morgan fingerprint density at radius 2 is 1.68 bits per heavy atom. The van der Waals surface area contributed by atoms with Crippen LogP contribution in [-0.2, 0) is 0 Å². The van der Waals surface area contributed by atoms with Gasteiger partial charge in [0.05, 0.1) is 11.1 Å². The van der Waals surface area contributed by atoms with Gasteiger partial charge in [0.2, 0.25) is 0 Å². The summed E-state index contributed by atoms with van der Waals surface area (Å²) in [6, 6.07) is 4.95. The highest BCUT2D eigenvalue weighted by atomic mass is 16.2. The molecule has 0 saturated heterocycles. The van der Waals surface area contributed by atoms with E-state index in [4.69, 9.17) is 5.73 Å². The van der Waals surface area contributed by atoms with Gasteiger partial charge < -0.3 is 5.73 Å². The van der Waals surface area contributed by atoms with E-state index in [0.29, 0.717) is 16.8 Å². The zero-order valence-electron chi connectivity index (χ0n) is 11.1. The van der Waals surface area contributed by atoms with Crippen molar-refractivity contribution in [3.63, 3.8) is 0 Å². The van der Waals surface area contributed by atoms with Gasteiger partial charge in [0.25, 0.3) is 11.8 Å². The summed E-state index contributed by atoms with van der Waals surface area (Å²) in [5.74, 6) is -0.346. The summed E-state index contributed by atoms with van der Waals surface area (Å²) < 4.78 is 0. The molecule has 0 spiro atoms. The smallest absolute Gasteiger partial charge is 0.262 e. The fourth-order valence-corrected chi connectivity index (χ4v) is 3.29. The first-order valence-corrected chi connectivity index (χ1v) is 6.81. The van der Waals surface area contributed by atoms with Crippen LogP contribution in [0.15, 0.2) is 18.2 Å². The molecule has 1 saturated carbocycles. The lowest BCUT2D eigenvalue weighted by atomic mass is 9.82. The lowest BCUT2D eigenvalue weighted by molar-refractivity contribution is 0.0372. The fourth-order valence-electron chi connectivity index (χ4n) is 3.29. The molecule has 0 unspecified atom stereocenters. The maximum absolute atomic E-state index is 12.5. The average Bonchev–Trinajstić information content (AvgIpc) is 2.63. The van der Waals surface area contributed by atoms with E-state index < -0.39 is 0 Å². The summed E-state index contributed by atoms with van der Waals surface area (Å²) in [4.78, 5) is 26.5. The second-order valence-corrected chi connectivity index (χ2v) is 5.81. The molecule has 1 aromatic carbocycles. The molecule has 2 aliphatic rings. The van der Waals surface area contributed by atoms with Crippen molar-refractivity contribution < 1.29 is 9.59 Å². The Bertz CT molecular complexity index is 559. The minimum Gasteiger partial charge on any atom is -0.399 e. The van der Waals surface area contributed by atoms with Crippen LogP contribution in [0.1, 0.15) is 59.7 Å². The summed E-state index contributed by atoms with van der Waals surface area (Å²) in [6.45, 7) is 2.02. The molecule has 1 aliphatic heterocycles. The van der Waals surface area contributed by atoms with Crippen molar-refractivity contribution in [3.8, 4) is 0 Å². The Balaban J connectivity index is 2.02. The van der Waals surface area contributed by atoms with E-state index in [1.54, 1.807) is 18.2 Å². The van der Waals surface area contributed by atoms with Gasteiger partial charge in [0, 0.05) is 11.2 Å². The number of amides is 2. The topological polar surface area (TPSA) is 63.4 Å². The van der Waals surface area contributed by atoms with Gasteiger partial charge in [0.1, 0.15) is 0 Å². The van der Waals surface area contributed by atoms with Crippen LogP contribution in [0.4, 0.5) is 5.69 Å². The molecule has 0 atom stereocenters. The summed E-state index contributed by atoms with van der Waals surface area (Å²) in [7, 11) is 0. The number of hydrogen-bond acceptors (Lipinski definition) is 3. The third-order valence-electron chi connectivity index (χ3n) is 4.38. The highest BCUT2D eigenvalue weighted by Crippen LogP contribution is 2.38. The Kier molecular flexibility index (Phi) is 2.62. The van der Waals surface area contributed by atoms with Crippen LogP contribution in [0.2, 0.25) is 0 Å². The number of carbonyl (C=O) groups is 2. The molecule has 3 rings (SSSR count). The van der Waals surface area contributed by atoms with Crippen LogP contribution in [0, 0.1) is 0 Å². The molecule has 2 amide bonds. The van der Waals surface area contributed by atoms with Crippen molar-refractivity contribution in [2.24, 2.45) is 0 Å². The van der Waals surface area contributed by atoms with Crippen molar-refractivity contribution in [2.75, 3.05) is 5.73 Å². The number of nitrogens with zero attached hydrogens (tertiary/aromatic N) is 1. The number of fused-ring (bicyclic) bond motifs is 1. The first-order chi connectivity index (χ1) is 9.03. The van der Waals surface area contributed by atoms with Crippen molar-refractivity contribution >= 4 is 17.5 Å². The molecular formula is C15H18N2O2. The molecule has 2 N–H and O–H groups in total. The van der Waals surface area contributed by atoms with Gasteiger partial charge in [-0.1, -0.05) is 19.3 Å². The first-order valence-electron chi connectivity index (χ1n) is 6.81. The van der Waals surface area contributed by atoms with E-state index >= 15 is 0 Å². The first kappa shape index (κ1) is 12.2. The number of benzene rings is 1. The van der Waals surface area contributed by atoms with Gasteiger partial charge in [-0.05, 0) is 38.0 Å². The lowest BCUT2D eigenvalue weighted by Crippen LogP contribution is -2.50. The molecule has 1 aliphatic carbocycles. The SMILES string of the molecule is CC1(N2C(=O)c3ccc(N)cc3C2=O)CCCCC1. The molecule has 19 heavy (non-hydrogen) atoms. The van der Waals surface area contributed by atoms with Crippen LogP contribution in [0.25, 0.3) is 0 Å². The van der Waals surface area contributed by atoms with Gasteiger partial charge >= 0.3 is 0 Å². The average molecular weight is 258 g/mol. The van der Waals surface area contributed by atoms with E-state index in [-0.39, 0.29) is 17.4 Å². The number of imide groups is 1. The number of nitrogens with two attached hydrogens (primary N) is 1. The third-order valence-corrected chi connectivity index (χ3v) is 4.38. The molecule has 1 fully saturated rings.